The zero-order chi connectivity index (χ0) is 9.42. The number of rotatable bonds is 0. The van der Waals surface area contributed by atoms with Gasteiger partial charge in [-0.1, -0.05) is 0 Å². The Labute approximate surface area is 82.2 Å². The highest BCUT2D eigenvalue weighted by Crippen LogP contribution is 2.15. The Balaban J connectivity index is 2.95. The Kier molecular flexibility index (Phi) is 1.88. The summed E-state index contributed by atoms with van der Waals surface area (Å²) in [6.45, 7) is 1.82. The van der Waals surface area contributed by atoms with E-state index in [1.165, 1.54) is 0 Å². The van der Waals surface area contributed by atoms with E-state index in [9.17, 15) is 4.79 Å². The van der Waals surface area contributed by atoms with Crippen LogP contribution in [0.5, 0.6) is 0 Å². The van der Waals surface area contributed by atoms with Gasteiger partial charge in [-0.25, -0.2) is 9.78 Å². The fourth-order valence-corrected chi connectivity index (χ4v) is 1.48. The van der Waals surface area contributed by atoms with Gasteiger partial charge in [0, 0.05) is 21.7 Å². The summed E-state index contributed by atoms with van der Waals surface area (Å²) in [6.07, 6.45) is 1.62. The number of nitrogens with zero attached hydrogens (tertiary/aromatic N) is 2. The van der Waals surface area contributed by atoms with E-state index < -0.39 is 0 Å². The van der Waals surface area contributed by atoms with Crippen molar-refractivity contribution in [2.75, 3.05) is 0 Å². The first-order chi connectivity index (χ1) is 6.16. The summed E-state index contributed by atoms with van der Waals surface area (Å²) in [5.41, 5.74) is 0.896. The summed E-state index contributed by atoms with van der Waals surface area (Å²) in [5.74, 6) is 0. The van der Waals surface area contributed by atoms with Crippen LogP contribution in [0.4, 0.5) is 0 Å². The van der Waals surface area contributed by atoms with Crippen LogP contribution in [-0.4, -0.2) is 15.0 Å². The number of hydrogen-bond donors (Lipinski definition) is 1. The van der Waals surface area contributed by atoms with Gasteiger partial charge < -0.3 is 4.98 Å². The van der Waals surface area contributed by atoms with Gasteiger partial charge in [0.15, 0.2) is 5.65 Å². The van der Waals surface area contributed by atoms with Crippen LogP contribution in [-0.2, 0) is 0 Å². The molecule has 2 heterocycles. The van der Waals surface area contributed by atoms with E-state index in [2.05, 4.69) is 30.9 Å². The standard InChI is InChI=1S/C8H6BrN3O/c1-4-6-2-5(9)3-10-7(6)12-8(13)11-4/h2-3H,1H3,(H,10,11,12,13). The molecule has 0 aliphatic heterocycles. The molecule has 13 heavy (non-hydrogen) atoms. The van der Waals surface area contributed by atoms with Crippen LogP contribution in [0, 0.1) is 6.92 Å². The average Bonchev–Trinajstić information content (AvgIpc) is 2.06. The predicted octanol–water partition coefficient (Wildman–Crippen LogP) is 1.39. The quantitative estimate of drug-likeness (QED) is 0.756. The number of nitrogens with one attached hydrogen (secondary N) is 1. The van der Waals surface area contributed by atoms with Crippen LogP contribution in [0.1, 0.15) is 5.69 Å². The summed E-state index contributed by atoms with van der Waals surface area (Å²) in [5, 5.41) is 0.856. The van der Waals surface area contributed by atoms with Crippen molar-refractivity contribution in [1.82, 2.24) is 15.0 Å². The minimum atomic E-state index is -0.361. The minimum Gasteiger partial charge on any atom is -0.309 e. The molecule has 0 amide bonds. The SMILES string of the molecule is Cc1[nH]c(=O)nc2ncc(Br)cc12. The van der Waals surface area contributed by atoms with Crippen LogP contribution in [0.15, 0.2) is 21.5 Å². The molecule has 2 rings (SSSR count). The summed E-state index contributed by atoms with van der Waals surface area (Å²) in [4.78, 5) is 21.3. The second kappa shape index (κ2) is 2.92. The molecule has 66 valence electrons. The maximum atomic E-state index is 11.0. The summed E-state index contributed by atoms with van der Waals surface area (Å²) in [6, 6.07) is 1.88. The third-order valence-corrected chi connectivity index (χ3v) is 2.17. The molecule has 5 heteroatoms. The second-order valence-electron chi connectivity index (χ2n) is 2.69. The van der Waals surface area contributed by atoms with Gasteiger partial charge in [0.05, 0.1) is 0 Å². The number of aromatic nitrogens is 3. The maximum absolute atomic E-state index is 11.0. The fraction of sp³-hybridized carbons (Fsp3) is 0.125. The van der Waals surface area contributed by atoms with Gasteiger partial charge >= 0.3 is 5.69 Å². The summed E-state index contributed by atoms with van der Waals surface area (Å²) < 4.78 is 0.872. The molecule has 0 aliphatic carbocycles. The lowest BCUT2D eigenvalue weighted by Gasteiger charge is -1.99. The molecule has 0 saturated carbocycles. The first kappa shape index (κ1) is 8.37. The Morgan fingerprint density at radius 3 is 3.08 bits per heavy atom. The van der Waals surface area contributed by atoms with Crippen LogP contribution >= 0.6 is 15.9 Å². The number of H-pyrrole nitrogens is 1. The minimum absolute atomic E-state index is 0.361. The van der Waals surface area contributed by atoms with Gasteiger partial charge in [-0.3, -0.25) is 0 Å². The van der Waals surface area contributed by atoms with Crippen LogP contribution in [0.3, 0.4) is 0 Å². The lowest BCUT2D eigenvalue weighted by Crippen LogP contribution is -2.12. The molecule has 0 radical (unpaired) electrons. The molecule has 0 spiro atoms. The largest absolute Gasteiger partial charge is 0.347 e. The van der Waals surface area contributed by atoms with Gasteiger partial charge in [0.25, 0.3) is 0 Å². The van der Waals surface area contributed by atoms with Crippen molar-refractivity contribution in [1.29, 1.82) is 0 Å². The van der Waals surface area contributed by atoms with E-state index in [4.69, 9.17) is 0 Å². The Morgan fingerprint density at radius 2 is 2.31 bits per heavy atom. The van der Waals surface area contributed by atoms with E-state index in [1.807, 2.05) is 13.0 Å². The first-order valence-corrected chi connectivity index (χ1v) is 4.48. The van der Waals surface area contributed by atoms with Crippen LogP contribution in [0.2, 0.25) is 0 Å². The molecule has 1 N–H and O–H groups in total. The first-order valence-electron chi connectivity index (χ1n) is 3.69. The van der Waals surface area contributed by atoms with E-state index in [0.717, 1.165) is 15.6 Å². The lowest BCUT2D eigenvalue weighted by molar-refractivity contribution is 1.05. The lowest BCUT2D eigenvalue weighted by atomic mass is 10.2. The fourth-order valence-electron chi connectivity index (χ4n) is 1.15. The molecule has 2 aromatic rings. The summed E-state index contributed by atoms with van der Waals surface area (Å²) >= 11 is 3.30. The highest BCUT2D eigenvalue weighted by Gasteiger charge is 2.01. The van der Waals surface area contributed by atoms with Gasteiger partial charge in [-0.05, 0) is 28.9 Å². The number of fused-ring (bicyclic) bond motifs is 1. The highest BCUT2D eigenvalue weighted by molar-refractivity contribution is 9.10. The molecule has 0 aromatic carbocycles. The molecule has 0 aliphatic rings. The number of pyridine rings is 1. The van der Waals surface area contributed by atoms with Crippen molar-refractivity contribution in [3.63, 3.8) is 0 Å². The normalized spacial score (nSPS) is 10.6. The third kappa shape index (κ3) is 1.47. The van der Waals surface area contributed by atoms with E-state index >= 15 is 0 Å². The average molecular weight is 240 g/mol. The van der Waals surface area contributed by atoms with Crippen molar-refractivity contribution in [3.8, 4) is 0 Å². The molecule has 0 saturated heterocycles. The number of aryl methyl sites for hydroxylation is 1. The van der Waals surface area contributed by atoms with E-state index in [1.54, 1.807) is 6.20 Å². The molecule has 0 bridgehead atoms. The van der Waals surface area contributed by atoms with Gasteiger partial charge in [0.2, 0.25) is 0 Å². The Bertz CT molecular complexity index is 520. The van der Waals surface area contributed by atoms with E-state index in [-0.39, 0.29) is 5.69 Å². The zero-order valence-electron chi connectivity index (χ0n) is 6.84. The van der Waals surface area contributed by atoms with Gasteiger partial charge in [0.1, 0.15) is 0 Å². The molecular formula is C8H6BrN3O. The molecule has 0 atom stereocenters. The summed E-state index contributed by atoms with van der Waals surface area (Å²) in [7, 11) is 0. The monoisotopic (exact) mass is 239 g/mol. The van der Waals surface area contributed by atoms with Crippen molar-refractivity contribution in [3.05, 3.63) is 32.9 Å². The van der Waals surface area contributed by atoms with Gasteiger partial charge in [-0.15, -0.1) is 0 Å². The molecule has 2 aromatic heterocycles. The van der Waals surface area contributed by atoms with Crippen molar-refractivity contribution in [2.24, 2.45) is 0 Å². The highest BCUT2D eigenvalue weighted by atomic mass is 79.9. The van der Waals surface area contributed by atoms with Crippen LogP contribution < -0.4 is 5.69 Å². The van der Waals surface area contributed by atoms with Crippen LogP contribution in [0.25, 0.3) is 11.0 Å². The molecule has 4 nitrogen and oxygen atoms in total. The Hall–Kier alpha value is -1.23. The molecule has 0 fully saturated rings. The van der Waals surface area contributed by atoms with Gasteiger partial charge in [-0.2, -0.15) is 4.98 Å². The number of hydrogen-bond acceptors (Lipinski definition) is 3. The van der Waals surface area contributed by atoms with Crippen molar-refractivity contribution < 1.29 is 0 Å². The number of aromatic amines is 1. The third-order valence-electron chi connectivity index (χ3n) is 1.74. The number of halogens is 1. The second-order valence-corrected chi connectivity index (χ2v) is 3.61. The zero-order valence-corrected chi connectivity index (χ0v) is 8.42. The Morgan fingerprint density at radius 1 is 1.54 bits per heavy atom. The topological polar surface area (TPSA) is 58.6 Å². The molecular weight excluding hydrogens is 234 g/mol. The molecule has 0 unspecified atom stereocenters. The van der Waals surface area contributed by atoms with Crippen molar-refractivity contribution >= 4 is 27.0 Å². The maximum Gasteiger partial charge on any atom is 0.347 e. The smallest absolute Gasteiger partial charge is 0.309 e. The predicted molar refractivity (Wildman–Crippen MR) is 52.6 cm³/mol. The van der Waals surface area contributed by atoms with E-state index in [0.29, 0.717) is 5.65 Å². The van der Waals surface area contributed by atoms with Crippen molar-refractivity contribution in [2.45, 2.75) is 6.92 Å².